The van der Waals surface area contributed by atoms with Crippen LogP contribution in [0.2, 0.25) is 0 Å². The normalized spacial score (nSPS) is 10.4. The number of alkyl halides is 2. The molecule has 1 aromatic carbocycles. The number of benzene rings is 1. The Morgan fingerprint density at radius 2 is 2.19 bits per heavy atom. The van der Waals surface area contributed by atoms with Crippen molar-refractivity contribution < 1.29 is 13.5 Å². The largest absolute Gasteiger partial charge is 0.435 e. The Morgan fingerprint density at radius 3 is 2.88 bits per heavy atom. The van der Waals surface area contributed by atoms with E-state index in [0.29, 0.717) is 11.5 Å². The first kappa shape index (κ1) is 10.4. The minimum atomic E-state index is -2.82. The highest BCUT2D eigenvalue weighted by molar-refractivity contribution is 5.57. The van der Waals surface area contributed by atoms with Gasteiger partial charge in [0.1, 0.15) is 11.6 Å². The van der Waals surface area contributed by atoms with E-state index in [9.17, 15) is 8.78 Å². The van der Waals surface area contributed by atoms with Crippen molar-refractivity contribution in [2.75, 3.05) is 5.32 Å². The van der Waals surface area contributed by atoms with E-state index in [2.05, 4.69) is 20.3 Å². The number of nitrogens with zero attached hydrogens (tertiary/aromatic N) is 1. The van der Waals surface area contributed by atoms with Crippen LogP contribution >= 0.6 is 0 Å². The molecule has 1 aromatic heterocycles. The van der Waals surface area contributed by atoms with Crippen molar-refractivity contribution in [3.8, 4) is 5.75 Å². The lowest BCUT2D eigenvalue weighted by Gasteiger charge is -2.07. The molecule has 0 unspecified atom stereocenters. The van der Waals surface area contributed by atoms with Gasteiger partial charge in [0.2, 0.25) is 0 Å². The lowest BCUT2D eigenvalue weighted by atomic mass is 10.3. The second-order valence-electron chi connectivity index (χ2n) is 3.00. The standard InChI is InChI=1S/C10H9F2N3O/c11-10(12)16-8-3-1-2-7(6-8)14-9-4-5-13-15-9/h1-6,10H,(H2,13,14,15). The van der Waals surface area contributed by atoms with Gasteiger partial charge in [-0.15, -0.1) is 0 Å². The number of halogens is 2. The summed E-state index contributed by atoms with van der Waals surface area (Å²) in [5.41, 5.74) is 0.641. The van der Waals surface area contributed by atoms with Crippen molar-refractivity contribution in [2.24, 2.45) is 0 Å². The molecule has 6 heteroatoms. The van der Waals surface area contributed by atoms with Crippen LogP contribution in [0.5, 0.6) is 5.75 Å². The summed E-state index contributed by atoms with van der Waals surface area (Å²) in [5.74, 6) is 0.786. The Labute approximate surface area is 90.2 Å². The molecule has 0 radical (unpaired) electrons. The van der Waals surface area contributed by atoms with E-state index in [1.807, 2.05) is 0 Å². The molecular weight excluding hydrogens is 216 g/mol. The topological polar surface area (TPSA) is 49.9 Å². The number of anilines is 2. The maximum absolute atomic E-state index is 12.0. The van der Waals surface area contributed by atoms with E-state index < -0.39 is 6.61 Å². The molecule has 0 bridgehead atoms. The van der Waals surface area contributed by atoms with Crippen molar-refractivity contribution in [1.29, 1.82) is 0 Å². The molecule has 0 saturated carbocycles. The fourth-order valence-corrected chi connectivity index (χ4v) is 1.23. The minimum Gasteiger partial charge on any atom is -0.435 e. The van der Waals surface area contributed by atoms with Crippen molar-refractivity contribution in [3.05, 3.63) is 36.5 Å². The highest BCUT2D eigenvalue weighted by atomic mass is 19.3. The lowest BCUT2D eigenvalue weighted by Crippen LogP contribution is -2.02. The number of aromatic nitrogens is 2. The van der Waals surface area contributed by atoms with Crippen molar-refractivity contribution >= 4 is 11.5 Å². The average molecular weight is 225 g/mol. The van der Waals surface area contributed by atoms with E-state index in [0.717, 1.165) is 0 Å². The van der Waals surface area contributed by atoms with Crippen LogP contribution in [-0.2, 0) is 0 Å². The van der Waals surface area contributed by atoms with Crippen LogP contribution in [0.3, 0.4) is 0 Å². The maximum Gasteiger partial charge on any atom is 0.387 e. The molecule has 0 amide bonds. The molecule has 0 aliphatic rings. The number of hydrogen-bond donors (Lipinski definition) is 2. The van der Waals surface area contributed by atoms with Gasteiger partial charge in [0.25, 0.3) is 0 Å². The fraction of sp³-hybridized carbons (Fsp3) is 0.100. The predicted molar refractivity (Wildman–Crippen MR) is 54.9 cm³/mol. The van der Waals surface area contributed by atoms with Gasteiger partial charge >= 0.3 is 6.61 Å². The van der Waals surface area contributed by atoms with E-state index in [1.165, 1.54) is 12.1 Å². The van der Waals surface area contributed by atoms with E-state index >= 15 is 0 Å². The first-order valence-corrected chi connectivity index (χ1v) is 4.55. The molecule has 0 atom stereocenters. The third-order valence-corrected chi connectivity index (χ3v) is 1.84. The van der Waals surface area contributed by atoms with E-state index in [-0.39, 0.29) is 5.75 Å². The van der Waals surface area contributed by atoms with Gasteiger partial charge in [-0.1, -0.05) is 6.07 Å². The number of hydrogen-bond acceptors (Lipinski definition) is 3. The molecular formula is C10H9F2N3O. The zero-order valence-corrected chi connectivity index (χ0v) is 8.15. The first-order valence-electron chi connectivity index (χ1n) is 4.55. The van der Waals surface area contributed by atoms with Crippen LogP contribution in [0.25, 0.3) is 0 Å². The predicted octanol–water partition coefficient (Wildman–Crippen LogP) is 2.75. The molecule has 84 valence electrons. The van der Waals surface area contributed by atoms with Crippen LogP contribution in [0.15, 0.2) is 36.5 Å². The number of aromatic amines is 1. The van der Waals surface area contributed by atoms with Gasteiger partial charge in [0, 0.05) is 17.8 Å². The fourth-order valence-electron chi connectivity index (χ4n) is 1.23. The zero-order chi connectivity index (χ0) is 11.4. The van der Waals surface area contributed by atoms with E-state index in [4.69, 9.17) is 0 Å². The molecule has 2 rings (SSSR count). The molecule has 16 heavy (non-hydrogen) atoms. The second kappa shape index (κ2) is 4.61. The summed E-state index contributed by atoms with van der Waals surface area (Å²) in [4.78, 5) is 0. The highest BCUT2D eigenvalue weighted by Gasteiger charge is 2.04. The van der Waals surface area contributed by atoms with Gasteiger partial charge in [0.15, 0.2) is 0 Å². The van der Waals surface area contributed by atoms with Crippen LogP contribution < -0.4 is 10.1 Å². The number of ether oxygens (including phenoxy) is 1. The van der Waals surface area contributed by atoms with Crippen molar-refractivity contribution in [3.63, 3.8) is 0 Å². The van der Waals surface area contributed by atoms with Gasteiger partial charge in [-0.05, 0) is 12.1 Å². The highest BCUT2D eigenvalue weighted by Crippen LogP contribution is 2.21. The van der Waals surface area contributed by atoms with Crippen LogP contribution in [0, 0.1) is 0 Å². The average Bonchev–Trinajstić information content (AvgIpc) is 2.70. The Bertz CT molecular complexity index is 445. The summed E-state index contributed by atoms with van der Waals surface area (Å²) in [6.45, 7) is -2.82. The molecule has 2 aromatic rings. The molecule has 1 heterocycles. The Morgan fingerprint density at radius 1 is 1.31 bits per heavy atom. The van der Waals surface area contributed by atoms with Crippen LogP contribution in [0.4, 0.5) is 20.3 Å². The van der Waals surface area contributed by atoms with Crippen molar-refractivity contribution in [2.45, 2.75) is 6.61 Å². The monoisotopic (exact) mass is 225 g/mol. The Hall–Kier alpha value is -2.11. The van der Waals surface area contributed by atoms with Crippen LogP contribution in [0.1, 0.15) is 0 Å². The SMILES string of the molecule is FC(F)Oc1cccc(Nc2ccn[nH]2)c1. The first-order chi connectivity index (χ1) is 7.74. The molecule has 4 nitrogen and oxygen atoms in total. The smallest absolute Gasteiger partial charge is 0.387 e. The summed E-state index contributed by atoms with van der Waals surface area (Å²) in [6, 6.07) is 8.02. The summed E-state index contributed by atoms with van der Waals surface area (Å²) in [7, 11) is 0. The molecule has 0 aliphatic heterocycles. The van der Waals surface area contributed by atoms with E-state index in [1.54, 1.807) is 24.4 Å². The van der Waals surface area contributed by atoms with Crippen molar-refractivity contribution in [1.82, 2.24) is 10.2 Å². The molecule has 0 fully saturated rings. The molecule has 0 aliphatic carbocycles. The number of H-pyrrole nitrogens is 1. The van der Waals surface area contributed by atoms with Crippen LogP contribution in [-0.4, -0.2) is 16.8 Å². The third-order valence-electron chi connectivity index (χ3n) is 1.84. The second-order valence-corrected chi connectivity index (χ2v) is 3.00. The van der Waals surface area contributed by atoms with Gasteiger partial charge < -0.3 is 10.1 Å². The quantitative estimate of drug-likeness (QED) is 0.841. The number of rotatable bonds is 4. The summed E-state index contributed by atoms with van der Waals surface area (Å²) >= 11 is 0. The van der Waals surface area contributed by atoms with Gasteiger partial charge in [-0.3, -0.25) is 5.10 Å². The number of nitrogens with one attached hydrogen (secondary N) is 2. The molecule has 0 saturated heterocycles. The minimum absolute atomic E-state index is 0.111. The van der Waals surface area contributed by atoms with Gasteiger partial charge in [-0.2, -0.15) is 13.9 Å². The lowest BCUT2D eigenvalue weighted by molar-refractivity contribution is -0.0497. The Balaban J connectivity index is 2.10. The maximum atomic E-state index is 12.0. The molecule has 0 spiro atoms. The molecule has 2 N–H and O–H groups in total. The zero-order valence-electron chi connectivity index (χ0n) is 8.15. The van der Waals surface area contributed by atoms with Gasteiger partial charge in [-0.25, -0.2) is 0 Å². The van der Waals surface area contributed by atoms with Gasteiger partial charge in [0.05, 0.1) is 6.20 Å². The third kappa shape index (κ3) is 2.69. The Kier molecular flexibility index (Phi) is 3.00. The summed E-state index contributed by atoms with van der Waals surface area (Å²) in [5, 5.41) is 9.40. The summed E-state index contributed by atoms with van der Waals surface area (Å²) in [6.07, 6.45) is 1.59. The summed E-state index contributed by atoms with van der Waals surface area (Å²) < 4.78 is 28.2.